The van der Waals surface area contributed by atoms with E-state index in [0.29, 0.717) is 0 Å². The van der Waals surface area contributed by atoms with Crippen LogP contribution in [0.5, 0.6) is 0 Å². The molecule has 0 N–H and O–H groups in total. The second kappa shape index (κ2) is 16.3. The zero-order valence-corrected chi connectivity index (χ0v) is 20.7. The van der Waals surface area contributed by atoms with Gasteiger partial charge in [0.05, 0.1) is 0 Å². The zero-order valence-electron chi connectivity index (χ0n) is 20.7. The van der Waals surface area contributed by atoms with Gasteiger partial charge in [-0.05, 0) is 84.2 Å². The highest BCUT2D eigenvalue weighted by molar-refractivity contribution is 5.19. The first-order chi connectivity index (χ1) is 15.2. The van der Waals surface area contributed by atoms with Crippen LogP contribution in [0.3, 0.4) is 0 Å². The molecule has 0 fully saturated rings. The van der Waals surface area contributed by atoms with Crippen LogP contribution in [0.25, 0.3) is 0 Å². The third kappa shape index (κ3) is 15.1. The van der Waals surface area contributed by atoms with Gasteiger partial charge in [-0.1, -0.05) is 55.0 Å². The maximum absolute atomic E-state index is 4.08. The standard InChI is InChI=1S/C8H10.2C7H9N.C6H8N2.CH4/c1-7-3-5-8(2)6-4-7;2*1-6-3-4-7(2)8-5-6;1-5-3-7-6(2)8-4-5;/h3-6H,1-2H3;2*3-5H,1-2H3;3-4H,1-2H3;1H4. The zero-order chi connectivity index (χ0) is 23.9. The Bertz CT molecular complexity index is 747. The Kier molecular flexibility index (Phi) is 14.6. The van der Waals surface area contributed by atoms with Crippen molar-refractivity contribution in [1.82, 2.24) is 19.9 Å². The molecule has 1 aromatic carbocycles. The Morgan fingerprint density at radius 3 is 0.909 bits per heavy atom. The molecule has 0 aliphatic heterocycles. The fourth-order valence-corrected chi connectivity index (χ4v) is 2.18. The molecule has 0 spiro atoms. The maximum atomic E-state index is 4.08. The lowest BCUT2D eigenvalue weighted by Gasteiger charge is -1.90. The summed E-state index contributed by atoms with van der Waals surface area (Å²) in [4.78, 5) is 16.1. The van der Waals surface area contributed by atoms with Crippen molar-refractivity contribution in [1.29, 1.82) is 0 Å². The van der Waals surface area contributed by atoms with Gasteiger partial charge in [-0.2, -0.15) is 0 Å². The van der Waals surface area contributed by atoms with E-state index in [1.54, 1.807) is 0 Å². The molecule has 4 aromatic rings. The van der Waals surface area contributed by atoms with E-state index < -0.39 is 0 Å². The van der Waals surface area contributed by atoms with Gasteiger partial charge in [0.2, 0.25) is 0 Å². The molecule has 4 rings (SSSR count). The topological polar surface area (TPSA) is 51.6 Å². The summed E-state index contributed by atoms with van der Waals surface area (Å²) in [6.07, 6.45) is 7.36. The molecule has 176 valence electrons. The summed E-state index contributed by atoms with van der Waals surface area (Å²) in [5, 5.41) is 0. The Labute approximate surface area is 201 Å². The van der Waals surface area contributed by atoms with Crippen LogP contribution in [0, 0.1) is 55.4 Å². The number of aromatic nitrogens is 4. The summed E-state index contributed by atoms with van der Waals surface area (Å²) in [5.74, 6) is 0.829. The van der Waals surface area contributed by atoms with Crippen molar-refractivity contribution in [2.75, 3.05) is 0 Å². The lowest BCUT2D eigenvalue weighted by Crippen LogP contribution is -1.84. The van der Waals surface area contributed by atoms with Crippen molar-refractivity contribution in [2.45, 2.75) is 62.8 Å². The van der Waals surface area contributed by atoms with Crippen LogP contribution in [0.1, 0.15) is 52.5 Å². The first-order valence-corrected chi connectivity index (χ1v) is 10.7. The predicted molar refractivity (Wildman–Crippen MR) is 142 cm³/mol. The largest absolute Gasteiger partial charge is 0.261 e. The third-order valence-electron chi connectivity index (χ3n) is 4.25. The molecule has 3 aromatic heterocycles. The fourth-order valence-electron chi connectivity index (χ4n) is 2.18. The molecular weight excluding hydrogens is 404 g/mol. The number of hydrogen-bond acceptors (Lipinski definition) is 4. The van der Waals surface area contributed by atoms with Gasteiger partial charge < -0.3 is 0 Å². The average Bonchev–Trinajstić information content (AvgIpc) is 2.78. The quantitative estimate of drug-likeness (QED) is 0.283. The van der Waals surface area contributed by atoms with Crippen LogP contribution >= 0.6 is 0 Å². The van der Waals surface area contributed by atoms with Crippen LogP contribution < -0.4 is 0 Å². The molecule has 4 heteroatoms. The Balaban J connectivity index is 0.000000410. The highest BCUT2D eigenvalue weighted by atomic mass is 14.8. The van der Waals surface area contributed by atoms with Crippen molar-refractivity contribution in [3.63, 3.8) is 0 Å². The summed E-state index contributed by atoms with van der Waals surface area (Å²) in [6, 6.07) is 16.6. The lowest BCUT2D eigenvalue weighted by atomic mass is 10.2. The number of hydrogen-bond donors (Lipinski definition) is 0. The van der Waals surface area contributed by atoms with Crippen molar-refractivity contribution in [3.8, 4) is 0 Å². The summed E-state index contributed by atoms with van der Waals surface area (Å²) in [6.45, 7) is 16.1. The minimum Gasteiger partial charge on any atom is -0.261 e. The molecule has 0 bridgehead atoms. The van der Waals surface area contributed by atoms with Crippen molar-refractivity contribution in [2.24, 2.45) is 0 Å². The molecule has 0 aliphatic rings. The summed E-state index contributed by atoms with van der Waals surface area (Å²) < 4.78 is 0. The number of rotatable bonds is 0. The second-order valence-electron chi connectivity index (χ2n) is 7.92. The van der Waals surface area contributed by atoms with Gasteiger partial charge in [0, 0.05) is 36.2 Å². The highest BCUT2D eigenvalue weighted by Crippen LogP contribution is 1.99. The van der Waals surface area contributed by atoms with E-state index in [1.165, 1.54) is 22.3 Å². The van der Waals surface area contributed by atoms with Gasteiger partial charge in [0.15, 0.2) is 0 Å². The SMILES string of the molecule is C.Cc1ccc(C)cc1.Cc1ccc(C)nc1.Cc1ccc(C)nc1.Cc1cnc(C)nc1. The van der Waals surface area contributed by atoms with E-state index in [1.807, 2.05) is 78.5 Å². The number of benzene rings is 1. The molecule has 0 unspecified atom stereocenters. The third-order valence-corrected chi connectivity index (χ3v) is 4.25. The molecule has 33 heavy (non-hydrogen) atoms. The Morgan fingerprint density at radius 2 is 0.667 bits per heavy atom. The number of aryl methyl sites for hydroxylation is 8. The monoisotopic (exact) mass is 444 g/mol. The summed E-state index contributed by atoms with van der Waals surface area (Å²) in [7, 11) is 0. The number of pyridine rings is 2. The Morgan fingerprint density at radius 1 is 0.364 bits per heavy atom. The van der Waals surface area contributed by atoms with Gasteiger partial charge >= 0.3 is 0 Å². The van der Waals surface area contributed by atoms with Crippen LogP contribution in [0.4, 0.5) is 0 Å². The lowest BCUT2D eigenvalue weighted by molar-refractivity contribution is 1.03. The van der Waals surface area contributed by atoms with Gasteiger partial charge in [0.1, 0.15) is 5.82 Å². The highest BCUT2D eigenvalue weighted by Gasteiger charge is 1.83. The van der Waals surface area contributed by atoms with Gasteiger partial charge in [0.25, 0.3) is 0 Å². The molecular formula is C29H40N4. The second-order valence-corrected chi connectivity index (χ2v) is 7.92. The predicted octanol–water partition coefficient (Wildman–Crippen LogP) is 7.43. The smallest absolute Gasteiger partial charge is 0.125 e. The van der Waals surface area contributed by atoms with E-state index in [-0.39, 0.29) is 7.43 Å². The fraction of sp³-hybridized carbons (Fsp3) is 0.310. The normalized spacial score (nSPS) is 8.97. The van der Waals surface area contributed by atoms with E-state index in [9.17, 15) is 0 Å². The van der Waals surface area contributed by atoms with Crippen LogP contribution in [0.15, 0.2) is 73.3 Å². The minimum absolute atomic E-state index is 0. The van der Waals surface area contributed by atoms with Gasteiger partial charge in [-0.3, -0.25) is 9.97 Å². The summed E-state index contributed by atoms with van der Waals surface area (Å²) in [5.41, 5.74) is 8.36. The van der Waals surface area contributed by atoms with E-state index in [4.69, 9.17) is 0 Å². The molecule has 0 aliphatic carbocycles. The first kappa shape index (κ1) is 29.6. The van der Waals surface area contributed by atoms with Crippen LogP contribution in [0.2, 0.25) is 0 Å². The van der Waals surface area contributed by atoms with Gasteiger partial charge in [-0.15, -0.1) is 0 Å². The molecule has 0 saturated carbocycles. The molecule has 0 saturated heterocycles. The van der Waals surface area contributed by atoms with Crippen molar-refractivity contribution < 1.29 is 0 Å². The summed E-state index contributed by atoms with van der Waals surface area (Å²) >= 11 is 0. The molecule has 4 nitrogen and oxygen atoms in total. The molecule has 3 heterocycles. The van der Waals surface area contributed by atoms with E-state index in [0.717, 1.165) is 22.8 Å². The minimum atomic E-state index is 0. The first-order valence-electron chi connectivity index (χ1n) is 10.7. The van der Waals surface area contributed by atoms with E-state index >= 15 is 0 Å². The molecule has 0 atom stereocenters. The van der Waals surface area contributed by atoms with Crippen molar-refractivity contribution >= 4 is 0 Å². The van der Waals surface area contributed by atoms with Crippen molar-refractivity contribution in [3.05, 3.63) is 118 Å². The van der Waals surface area contributed by atoms with Gasteiger partial charge in [-0.25, -0.2) is 9.97 Å². The number of nitrogens with zero attached hydrogens (tertiary/aromatic N) is 4. The van der Waals surface area contributed by atoms with Crippen LogP contribution in [-0.2, 0) is 0 Å². The van der Waals surface area contributed by atoms with Crippen LogP contribution in [-0.4, -0.2) is 19.9 Å². The Hall–Kier alpha value is -3.40. The average molecular weight is 445 g/mol. The maximum Gasteiger partial charge on any atom is 0.125 e. The van der Waals surface area contributed by atoms with E-state index in [2.05, 4.69) is 70.2 Å². The molecule has 0 amide bonds. The molecule has 0 radical (unpaired) electrons.